The Kier molecular flexibility index (Phi) is 7.10. The first kappa shape index (κ1) is 24.8. The lowest BCUT2D eigenvalue weighted by molar-refractivity contribution is -0.113. The molecular formula is C29H28FN5OS. The van der Waals surface area contributed by atoms with Crippen LogP contribution in [0.1, 0.15) is 49.4 Å². The van der Waals surface area contributed by atoms with Crippen LogP contribution in [0.2, 0.25) is 0 Å². The number of allylic oxidation sites excluding steroid dienone is 1. The van der Waals surface area contributed by atoms with Gasteiger partial charge in [-0.15, -0.1) is 5.10 Å². The number of nitrogens with zero attached hydrogens (tertiary/aromatic N) is 3. The van der Waals surface area contributed by atoms with Gasteiger partial charge in [0.15, 0.2) is 0 Å². The van der Waals surface area contributed by atoms with E-state index in [9.17, 15) is 9.18 Å². The van der Waals surface area contributed by atoms with Crippen LogP contribution in [0.4, 0.5) is 16.0 Å². The van der Waals surface area contributed by atoms with Crippen molar-refractivity contribution < 1.29 is 9.18 Å². The number of carbonyl (C=O) groups excluding carboxylic acids is 1. The molecular weight excluding hydrogens is 485 g/mol. The van der Waals surface area contributed by atoms with Gasteiger partial charge in [0, 0.05) is 17.1 Å². The molecule has 0 saturated carbocycles. The van der Waals surface area contributed by atoms with Gasteiger partial charge in [0.2, 0.25) is 11.1 Å². The van der Waals surface area contributed by atoms with Gasteiger partial charge in [-0.3, -0.25) is 4.79 Å². The predicted octanol–water partition coefficient (Wildman–Crippen LogP) is 6.76. The van der Waals surface area contributed by atoms with E-state index in [2.05, 4.69) is 41.6 Å². The fraction of sp³-hybridized carbons (Fsp3) is 0.207. The lowest BCUT2D eigenvalue weighted by atomic mass is 9.93. The summed E-state index contributed by atoms with van der Waals surface area (Å²) in [5, 5.41) is 11.5. The molecule has 0 fully saturated rings. The van der Waals surface area contributed by atoms with Gasteiger partial charge < -0.3 is 10.6 Å². The lowest BCUT2D eigenvalue weighted by Crippen LogP contribution is -2.31. The first-order chi connectivity index (χ1) is 17.9. The van der Waals surface area contributed by atoms with Gasteiger partial charge in [0.25, 0.3) is 5.91 Å². The summed E-state index contributed by atoms with van der Waals surface area (Å²) < 4.78 is 15.9. The molecule has 1 amide bonds. The number of para-hydroxylation sites is 1. The highest BCUT2D eigenvalue weighted by atomic mass is 32.2. The Morgan fingerprint density at radius 1 is 1.05 bits per heavy atom. The zero-order valence-corrected chi connectivity index (χ0v) is 21.7. The maximum absolute atomic E-state index is 14.1. The van der Waals surface area contributed by atoms with Crippen molar-refractivity contribution in [1.29, 1.82) is 0 Å². The van der Waals surface area contributed by atoms with Crippen LogP contribution in [-0.2, 0) is 10.5 Å². The number of fused-ring (bicyclic) bond motifs is 1. The third-order valence-electron chi connectivity index (χ3n) is 6.34. The molecule has 0 saturated heterocycles. The van der Waals surface area contributed by atoms with E-state index in [1.807, 2.05) is 55.5 Å². The maximum atomic E-state index is 14.1. The first-order valence-corrected chi connectivity index (χ1v) is 13.2. The van der Waals surface area contributed by atoms with Crippen LogP contribution >= 0.6 is 11.8 Å². The number of halogens is 1. The summed E-state index contributed by atoms with van der Waals surface area (Å²) in [7, 11) is 0. The van der Waals surface area contributed by atoms with Crippen LogP contribution in [0.3, 0.4) is 0 Å². The van der Waals surface area contributed by atoms with Crippen LogP contribution in [0, 0.1) is 5.82 Å². The molecule has 8 heteroatoms. The number of thioether (sulfide) groups is 1. The molecule has 6 nitrogen and oxygen atoms in total. The first-order valence-electron chi connectivity index (χ1n) is 12.2. The molecule has 1 unspecified atom stereocenters. The molecule has 188 valence electrons. The van der Waals surface area contributed by atoms with Crippen molar-refractivity contribution in [3.8, 4) is 0 Å². The Hall–Kier alpha value is -3.91. The fourth-order valence-corrected chi connectivity index (χ4v) is 5.15. The smallest absolute Gasteiger partial charge is 0.255 e. The minimum atomic E-state index is -0.475. The third-order valence-corrected chi connectivity index (χ3v) is 7.23. The van der Waals surface area contributed by atoms with Gasteiger partial charge in [-0.1, -0.05) is 86.3 Å². The molecule has 1 aromatic heterocycles. The zero-order valence-electron chi connectivity index (χ0n) is 20.9. The molecule has 2 heterocycles. The summed E-state index contributed by atoms with van der Waals surface area (Å²) in [6, 6.07) is 23.9. The molecule has 37 heavy (non-hydrogen) atoms. The summed E-state index contributed by atoms with van der Waals surface area (Å²) in [6.45, 7) is 6.17. The van der Waals surface area contributed by atoms with Crippen molar-refractivity contribution >= 4 is 29.3 Å². The molecule has 1 aliphatic heterocycles. The minimum Gasteiger partial charge on any atom is -0.328 e. The Labute approximate surface area is 220 Å². The van der Waals surface area contributed by atoms with Crippen LogP contribution in [0.15, 0.2) is 95.3 Å². The van der Waals surface area contributed by atoms with E-state index in [-0.39, 0.29) is 11.7 Å². The van der Waals surface area contributed by atoms with E-state index in [4.69, 9.17) is 5.10 Å². The lowest BCUT2D eigenvalue weighted by Gasteiger charge is -2.29. The van der Waals surface area contributed by atoms with Crippen molar-refractivity contribution in [2.75, 3.05) is 10.6 Å². The summed E-state index contributed by atoms with van der Waals surface area (Å²) in [4.78, 5) is 18.2. The number of aromatic nitrogens is 3. The van der Waals surface area contributed by atoms with E-state index in [0.29, 0.717) is 45.3 Å². The second-order valence-corrected chi connectivity index (χ2v) is 10.2. The highest BCUT2D eigenvalue weighted by Gasteiger charge is 2.34. The SMILES string of the molecule is CC1=C(C(=O)Nc2ccccc2)C(c2ccc(C(C)C)cc2)n2nc(SCc3ccccc3F)nc2N1. The largest absolute Gasteiger partial charge is 0.328 e. The van der Waals surface area contributed by atoms with Crippen molar-refractivity contribution in [2.24, 2.45) is 0 Å². The van der Waals surface area contributed by atoms with Gasteiger partial charge in [-0.05, 0) is 47.7 Å². The average Bonchev–Trinajstić information content (AvgIpc) is 3.30. The average molecular weight is 514 g/mol. The number of hydrogen-bond acceptors (Lipinski definition) is 5. The molecule has 0 spiro atoms. The molecule has 3 aromatic carbocycles. The number of nitrogens with one attached hydrogen (secondary N) is 2. The van der Waals surface area contributed by atoms with Crippen LogP contribution in [0.5, 0.6) is 0 Å². The van der Waals surface area contributed by atoms with Gasteiger partial charge in [0.1, 0.15) is 11.9 Å². The van der Waals surface area contributed by atoms with E-state index in [0.717, 1.165) is 5.56 Å². The molecule has 1 aliphatic rings. The molecule has 2 N–H and O–H groups in total. The fourth-order valence-electron chi connectivity index (χ4n) is 4.34. The summed E-state index contributed by atoms with van der Waals surface area (Å²) in [5.41, 5.74) is 4.72. The summed E-state index contributed by atoms with van der Waals surface area (Å²) in [5.74, 6) is 0.872. The normalized spacial score (nSPS) is 14.9. The van der Waals surface area contributed by atoms with Crippen LogP contribution in [0.25, 0.3) is 0 Å². The third kappa shape index (κ3) is 5.29. The standard InChI is InChI=1S/C29H28FN5OS/c1-18(2)20-13-15-21(16-14-20)26-25(27(36)32-23-10-5-4-6-11-23)19(3)31-28-33-29(34-35(26)28)37-17-22-9-7-8-12-24(22)30/h4-16,18,26H,17H2,1-3H3,(H,32,36)(H,31,33,34). The zero-order chi connectivity index (χ0) is 25.9. The Morgan fingerprint density at radius 3 is 2.46 bits per heavy atom. The van der Waals surface area contributed by atoms with Crippen molar-refractivity contribution in [2.45, 2.75) is 43.6 Å². The number of anilines is 2. The van der Waals surface area contributed by atoms with Crippen molar-refractivity contribution in [3.63, 3.8) is 0 Å². The minimum absolute atomic E-state index is 0.212. The number of benzene rings is 3. The van der Waals surface area contributed by atoms with Crippen LogP contribution in [-0.4, -0.2) is 20.7 Å². The number of rotatable bonds is 7. The molecule has 4 aromatic rings. The topological polar surface area (TPSA) is 71.8 Å². The van der Waals surface area contributed by atoms with E-state index < -0.39 is 6.04 Å². The highest BCUT2D eigenvalue weighted by molar-refractivity contribution is 7.98. The van der Waals surface area contributed by atoms with Gasteiger partial charge >= 0.3 is 0 Å². The molecule has 0 bridgehead atoms. The van der Waals surface area contributed by atoms with Gasteiger partial charge in [-0.25, -0.2) is 9.07 Å². The molecule has 1 atom stereocenters. The summed E-state index contributed by atoms with van der Waals surface area (Å²) in [6.07, 6.45) is 0. The Morgan fingerprint density at radius 2 is 1.76 bits per heavy atom. The van der Waals surface area contributed by atoms with E-state index >= 15 is 0 Å². The van der Waals surface area contributed by atoms with E-state index in [1.165, 1.54) is 23.4 Å². The number of amides is 1. The van der Waals surface area contributed by atoms with Crippen molar-refractivity contribution in [3.05, 3.63) is 113 Å². The monoisotopic (exact) mass is 513 g/mol. The number of hydrogen-bond donors (Lipinski definition) is 2. The maximum Gasteiger partial charge on any atom is 0.255 e. The summed E-state index contributed by atoms with van der Waals surface area (Å²) >= 11 is 1.36. The molecule has 0 aliphatic carbocycles. The second kappa shape index (κ2) is 10.6. The predicted molar refractivity (Wildman–Crippen MR) is 146 cm³/mol. The molecule has 5 rings (SSSR count). The van der Waals surface area contributed by atoms with Gasteiger partial charge in [0.05, 0.1) is 5.57 Å². The highest BCUT2D eigenvalue weighted by Crippen LogP contribution is 2.37. The number of carbonyl (C=O) groups is 1. The Bertz CT molecular complexity index is 1450. The van der Waals surface area contributed by atoms with E-state index in [1.54, 1.807) is 16.8 Å². The Balaban J connectivity index is 1.50. The van der Waals surface area contributed by atoms with Crippen molar-refractivity contribution in [1.82, 2.24) is 14.8 Å². The van der Waals surface area contributed by atoms with Gasteiger partial charge in [-0.2, -0.15) is 4.98 Å². The van der Waals surface area contributed by atoms with Crippen LogP contribution < -0.4 is 10.6 Å². The molecule has 0 radical (unpaired) electrons. The quantitative estimate of drug-likeness (QED) is 0.267. The second-order valence-electron chi connectivity index (χ2n) is 9.25.